The average Bonchev–Trinajstić information content (AvgIpc) is 2.62. The Bertz CT molecular complexity index is 679. The zero-order chi connectivity index (χ0) is 13.3. The first-order valence-corrected chi connectivity index (χ1v) is 7.78. The Labute approximate surface area is 110 Å². The Hall–Kier alpha value is -1.27. The lowest BCUT2D eigenvalue weighted by atomic mass is 10.2. The standard InChI is InChI=1S/C11H13ClN2O3S/c1-3-6-17-11-9-7-8(18(12,15)16)4-5-10(9)14(2)13-11/h4-5,7H,3,6H2,1-2H3. The Kier molecular flexibility index (Phi) is 3.49. The van der Waals surface area contributed by atoms with Crippen molar-refractivity contribution in [2.75, 3.05) is 6.61 Å². The Balaban J connectivity index is 2.59. The highest BCUT2D eigenvalue weighted by Crippen LogP contribution is 2.28. The van der Waals surface area contributed by atoms with Gasteiger partial charge in [-0.2, -0.15) is 0 Å². The van der Waals surface area contributed by atoms with E-state index in [0.717, 1.165) is 11.9 Å². The summed E-state index contributed by atoms with van der Waals surface area (Å²) in [7, 11) is 3.36. The number of nitrogens with zero attached hydrogens (tertiary/aromatic N) is 2. The van der Waals surface area contributed by atoms with Crippen molar-refractivity contribution in [1.82, 2.24) is 9.78 Å². The van der Waals surface area contributed by atoms with Crippen molar-refractivity contribution < 1.29 is 13.2 Å². The number of halogens is 1. The first-order chi connectivity index (χ1) is 8.43. The number of aryl methyl sites for hydroxylation is 1. The second-order valence-electron chi connectivity index (χ2n) is 3.89. The van der Waals surface area contributed by atoms with Crippen LogP contribution in [-0.2, 0) is 16.1 Å². The smallest absolute Gasteiger partial charge is 0.261 e. The predicted octanol–water partition coefficient (Wildman–Crippen LogP) is 2.29. The van der Waals surface area contributed by atoms with Crippen molar-refractivity contribution in [2.45, 2.75) is 18.2 Å². The van der Waals surface area contributed by atoms with Gasteiger partial charge in [-0.1, -0.05) is 6.92 Å². The number of rotatable bonds is 4. The molecular formula is C11H13ClN2O3S. The summed E-state index contributed by atoms with van der Waals surface area (Å²) in [6.07, 6.45) is 0.853. The molecule has 1 aromatic heterocycles. The van der Waals surface area contributed by atoms with E-state index in [1.54, 1.807) is 17.8 Å². The number of aromatic nitrogens is 2. The number of ether oxygens (including phenoxy) is 1. The van der Waals surface area contributed by atoms with E-state index in [4.69, 9.17) is 15.4 Å². The zero-order valence-electron chi connectivity index (χ0n) is 10.1. The second-order valence-corrected chi connectivity index (χ2v) is 6.46. The molecule has 0 bridgehead atoms. The molecule has 0 aliphatic rings. The van der Waals surface area contributed by atoms with Gasteiger partial charge in [0, 0.05) is 17.7 Å². The van der Waals surface area contributed by atoms with Gasteiger partial charge in [-0.15, -0.1) is 5.10 Å². The van der Waals surface area contributed by atoms with Crippen LogP contribution in [0.25, 0.3) is 10.9 Å². The minimum absolute atomic E-state index is 0.0472. The third-order valence-corrected chi connectivity index (χ3v) is 3.86. The van der Waals surface area contributed by atoms with Crippen molar-refractivity contribution in [3.63, 3.8) is 0 Å². The van der Waals surface area contributed by atoms with Crippen LogP contribution >= 0.6 is 10.7 Å². The van der Waals surface area contributed by atoms with Crippen molar-refractivity contribution in [2.24, 2.45) is 7.05 Å². The van der Waals surface area contributed by atoms with Crippen LogP contribution in [0.3, 0.4) is 0 Å². The number of fused-ring (bicyclic) bond motifs is 1. The molecule has 0 N–H and O–H groups in total. The monoisotopic (exact) mass is 288 g/mol. The first-order valence-electron chi connectivity index (χ1n) is 5.47. The fourth-order valence-electron chi connectivity index (χ4n) is 1.67. The van der Waals surface area contributed by atoms with Crippen LogP contribution in [0.5, 0.6) is 5.88 Å². The highest BCUT2D eigenvalue weighted by Gasteiger charge is 2.15. The fourth-order valence-corrected chi connectivity index (χ4v) is 2.45. The molecule has 1 aromatic carbocycles. The summed E-state index contributed by atoms with van der Waals surface area (Å²) in [6, 6.07) is 4.60. The summed E-state index contributed by atoms with van der Waals surface area (Å²) in [6.45, 7) is 2.52. The van der Waals surface area contributed by atoms with Gasteiger partial charge in [0.15, 0.2) is 0 Å². The van der Waals surface area contributed by atoms with Gasteiger partial charge >= 0.3 is 0 Å². The normalized spacial score (nSPS) is 11.9. The Morgan fingerprint density at radius 2 is 2.17 bits per heavy atom. The van der Waals surface area contributed by atoms with Gasteiger partial charge in [-0.25, -0.2) is 8.42 Å². The molecule has 2 aromatic rings. The second kappa shape index (κ2) is 4.78. The SMILES string of the molecule is CCCOc1nn(C)c2ccc(S(=O)(=O)Cl)cc12. The van der Waals surface area contributed by atoms with Crippen LogP contribution < -0.4 is 4.74 Å². The van der Waals surface area contributed by atoms with Gasteiger partial charge in [0.05, 0.1) is 22.4 Å². The molecule has 0 aliphatic carbocycles. The highest BCUT2D eigenvalue weighted by molar-refractivity contribution is 8.13. The average molecular weight is 289 g/mol. The van der Waals surface area contributed by atoms with Crippen LogP contribution in [0.15, 0.2) is 23.1 Å². The van der Waals surface area contributed by atoms with Crippen LogP contribution in [0, 0.1) is 0 Å². The minimum atomic E-state index is -3.74. The molecule has 2 rings (SSSR count). The zero-order valence-corrected chi connectivity index (χ0v) is 11.6. The van der Waals surface area contributed by atoms with Gasteiger partial charge in [0.1, 0.15) is 0 Å². The Morgan fingerprint density at radius 1 is 1.44 bits per heavy atom. The molecule has 98 valence electrons. The van der Waals surface area contributed by atoms with Crippen LogP contribution in [0.4, 0.5) is 0 Å². The van der Waals surface area contributed by atoms with Crippen LogP contribution in [-0.4, -0.2) is 24.8 Å². The van der Waals surface area contributed by atoms with E-state index in [1.165, 1.54) is 12.1 Å². The van der Waals surface area contributed by atoms with E-state index in [2.05, 4.69) is 5.10 Å². The maximum absolute atomic E-state index is 11.3. The summed E-state index contributed by atoms with van der Waals surface area (Å²) in [4.78, 5) is 0.0472. The van der Waals surface area contributed by atoms with Crippen LogP contribution in [0.2, 0.25) is 0 Å². The lowest BCUT2D eigenvalue weighted by Gasteiger charge is -2.01. The van der Waals surface area contributed by atoms with E-state index in [9.17, 15) is 8.42 Å². The summed E-state index contributed by atoms with van der Waals surface area (Å²) < 4.78 is 29.7. The molecule has 7 heteroatoms. The first kappa shape index (κ1) is 13.2. The lowest BCUT2D eigenvalue weighted by Crippen LogP contribution is -1.97. The highest BCUT2D eigenvalue weighted by atomic mass is 35.7. The third-order valence-electron chi connectivity index (χ3n) is 2.51. The molecule has 0 unspecified atom stereocenters. The molecule has 0 saturated carbocycles. The van der Waals surface area contributed by atoms with Crippen molar-refractivity contribution in [1.29, 1.82) is 0 Å². The number of hydrogen-bond acceptors (Lipinski definition) is 4. The van der Waals surface area contributed by atoms with E-state index in [-0.39, 0.29) is 4.90 Å². The quantitative estimate of drug-likeness (QED) is 0.810. The summed E-state index contributed by atoms with van der Waals surface area (Å²) in [5.74, 6) is 0.427. The van der Waals surface area contributed by atoms with Gasteiger partial charge < -0.3 is 4.74 Å². The topological polar surface area (TPSA) is 61.2 Å². The van der Waals surface area contributed by atoms with Crippen LogP contribution in [0.1, 0.15) is 13.3 Å². The van der Waals surface area contributed by atoms with Gasteiger partial charge in [-0.05, 0) is 24.6 Å². The molecular weight excluding hydrogens is 276 g/mol. The molecule has 0 amide bonds. The maximum atomic E-state index is 11.3. The largest absolute Gasteiger partial charge is 0.476 e. The number of benzene rings is 1. The van der Waals surface area contributed by atoms with Gasteiger partial charge in [-0.3, -0.25) is 4.68 Å². The van der Waals surface area contributed by atoms with Crippen molar-refractivity contribution in [3.05, 3.63) is 18.2 Å². The molecule has 0 radical (unpaired) electrons. The molecule has 1 heterocycles. The predicted molar refractivity (Wildman–Crippen MR) is 69.5 cm³/mol. The molecule has 18 heavy (non-hydrogen) atoms. The summed E-state index contributed by atoms with van der Waals surface area (Å²) in [5.41, 5.74) is 0.796. The van der Waals surface area contributed by atoms with E-state index in [0.29, 0.717) is 17.9 Å². The maximum Gasteiger partial charge on any atom is 0.261 e. The van der Waals surface area contributed by atoms with Gasteiger partial charge in [0.25, 0.3) is 9.05 Å². The number of hydrogen-bond donors (Lipinski definition) is 0. The van der Waals surface area contributed by atoms with Crippen molar-refractivity contribution >= 4 is 30.6 Å². The van der Waals surface area contributed by atoms with Crippen molar-refractivity contribution in [3.8, 4) is 5.88 Å². The summed E-state index contributed by atoms with van der Waals surface area (Å²) in [5, 5.41) is 4.85. The molecule has 0 saturated heterocycles. The molecule has 0 fully saturated rings. The Morgan fingerprint density at radius 3 is 2.78 bits per heavy atom. The fraction of sp³-hybridized carbons (Fsp3) is 0.364. The van der Waals surface area contributed by atoms with E-state index < -0.39 is 9.05 Å². The van der Waals surface area contributed by atoms with Gasteiger partial charge in [0.2, 0.25) is 5.88 Å². The molecule has 0 spiro atoms. The van der Waals surface area contributed by atoms with E-state index >= 15 is 0 Å². The molecule has 0 aliphatic heterocycles. The molecule has 0 atom stereocenters. The molecule has 5 nitrogen and oxygen atoms in total. The lowest BCUT2D eigenvalue weighted by molar-refractivity contribution is 0.305. The third kappa shape index (κ3) is 2.44. The minimum Gasteiger partial charge on any atom is -0.476 e. The van der Waals surface area contributed by atoms with E-state index in [1.807, 2.05) is 6.92 Å². The summed E-state index contributed by atoms with van der Waals surface area (Å²) >= 11 is 0.